The second-order valence-corrected chi connectivity index (χ2v) is 6.74. The molecule has 3 N–H and O–H groups in total. The molecule has 0 aliphatic rings. The zero-order chi connectivity index (χ0) is 15.8. The summed E-state index contributed by atoms with van der Waals surface area (Å²) in [5.74, 6) is 1.54. The van der Waals surface area contributed by atoms with Gasteiger partial charge >= 0.3 is 0 Å². The Morgan fingerprint density at radius 2 is 2.09 bits per heavy atom. The van der Waals surface area contributed by atoms with E-state index in [0.717, 1.165) is 23.1 Å². The summed E-state index contributed by atoms with van der Waals surface area (Å²) in [6.07, 6.45) is 3.44. The van der Waals surface area contributed by atoms with E-state index in [9.17, 15) is 4.79 Å². The molecule has 0 radical (unpaired) electrons. The number of nitrogens with two attached hydrogens (primary N) is 1. The molecule has 4 nitrogen and oxygen atoms in total. The molecule has 0 saturated heterocycles. The van der Waals surface area contributed by atoms with Gasteiger partial charge in [0.15, 0.2) is 0 Å². The summed E-state index contributed by atoms with van der Waals surface area (Å²) in [5.41, 5.74) is 5.98. The van der Waals surface area contributed by atoms with Crippen molar-refractivity contribution in [2.45, 2.75) is 24.3 Å². The highest BCUT2D eigenvalue weighted by atomic mass is 79.9. The first-order valence-electron chi connectivity index (χ1n) is 7.13. The topological polar surface area (TPSA) is 68.3 Å². The van der Waals surface area contributed by atoms with E-state index in [0.29, 0.717) is 24.4 Å². The summed E-state index contributed by atoms with van der Waals surface area (Å²) >= 11 is 5.36. The fourth-order valence-corrected chi connectivity index (χ4v) is 3.46. The Balaban J connectivity index is 0.00000264. The van der Waals surface area contributed by atoms with Crippen molar-refractivity contribution in [2.75, 3.05) is 12.3 Å². The van der Waals surface area contributed by atoms with Crippen LogP contribution in [0.5, 0.6) is 0 Å². The third-order valence-corrected chi connectivity index (χ3v) is 5.18. The van der Waals surface area contributed by atoms with E-state index in [2.05, 4.69) is 27.3 Å². The van der Waals surface area contributed by atoms with E-state index in [-0.39, 0.29) is 18.3 Å². The Labute approximate surface area is 155 Å². The van der Waals surface area contributed by atoms with Gasteiger partial charge in [-0.05, 0) is 52.7 Å². The molecule has 0 aliphatic heterocycles. The summed E-state index contributed by atoms with van der Waals surface area (Å²) < 4.78 is 6.28. The zero-order valence-corrected chi connectivity index (χ0v) is 15.8. The number of carbonyl (C=O) groups excluding carboxylic acids is 1. The van der Waals surface area contributed by atoms with Crippen molar-refractivity contribution in [1.82, 2.24) is 5.32 Å². The molecule has 7 heteroatoms. The van der Waals surface area contributed by atoms with E-state index in [4.69, 9.17) is 10.2 Å². The van der Waals surface area contributed by atoms with Gasteiger partial charge in [0.25, 0.3) is 5.91 Å². The fraction of sp³-hybridized carbons (Fsp3) is 0.312. The van der Waals surface area contributed by atoms with E-state index >= 15 is 0 Å². The molecule has 0 spiro atoms. The summed E-state index contributed by atoms with van der Waals surface area (Å²) in [7, 11) is 0. The minimum absolute atomic E-state index is 0. The number of carbonyl (C=O) groups is 1. The molecule has 1 heterocycles. The van der Waals surface area contributed by atoms with E-state index in [1.165, 1.54) is 11.2 Å². The Hall–Kier alpha value is -0.950. The quantitative estimate of drug-likeness (QED) is 0.496. The number of unbranched alkanes of at least 4 members (excludes halogenated alkanes) is 1. The van der Waals surface area contributed by atoms with E-state index in [1.54, 1.807) is 6.07 Å². The highest BCUT2D eigenvalue weighted by molar-refractivity contribution is 9.10. The number of halogens is 2. The molecule has 2 rings (SSSR count). The molecule has 0 fully saturated rings. The first-order valence-corrected chi connectivity index (χ1v) is 8.91. The number of hydrogen-bond acceptors (Lipinski definition) is 4. The van der Waals surface area contributed by atoms with Crippen LogP contribution in [0.4, 0.5) is 0 Å². The number of rotatable bonds is 8. The molecule has 2 aromatic rings. The minimum Gasteiger partial charge on any atom is -0.467 e. The van der Waals surface area contributed by atoms with Crippen molar-refractivity contribution >= 4 is 46.0 Å². The standard InChI is InChI=1S/C16H19BrN2O2S.ClH/c17-14-5-1-2-6-15(14)22-8-4-3-7-19-16(20)12-9-13(10-18)21-11-12;/h1-2,5-6,9,11H,3-4,7-8,10,18H2,(H,19,20);1H. The maximum atomic E-state index is 11.8. The van der Waals surface area contributed by atoms with Crippen molar-refractivity contribution in [2.24, 2.45) is 5.73 Å². The average Bonchev–Trinajstić information content (AvgIpc) is 3.01. The molecule has 126 valence electrons. The Bertz CT molecular complexity index is 622. The molecular formula is C16H20BrClN2O2S. The van der Waals surface area contributed by atoms with Crippen LogP contribution in [-0.4, -0.2) is 18.2 Å². The van der Waals surface area contributed by atoms with Gasteiger partial charge in [-0.15, -0.1) is 24.2 Å². The van der Waals surface area contributed by atoms with Crippen LogP contribution in [0.25, 0.3) is 0 Å². The number of thioether (sulfide) groups is 1. The van der Waals surface area contributed by atoms with Gasteiger partial charge in [0.2, 0.25) is 0 Å². The average molecular weight is 420 g/mol. The zero-order valence-electron chi connectivity index (χ0n) is 12.6. The number of hydrogen-bond donors (Lipinski definition) is 2. The molecule has 0 unspecified atom stereocenters. The summed E-state index contributed by atoms with van der Waals surface area (Å²) in [5, 5.41) is 2.89. The van der Waals surface area contributed by atoms with Crippen molar-refractivity contribution in [1.29, 1.82) is 0 Å². The minimum atomic E-state index is -0.109. The van der Waals surface area contributed by atoms with E-state index < -0.39 is 0 Å². The molecular weight excluding hydrogens is 400 g/mol. The van der Waals surface area contributed by atoms with Crippen LogP contribution in [0.3, 0.4) is 0 Å². The smallest absolute Gasteiger partial charge is 0.254 e. The number of furan rings is 1. The van der Waals surface area contributed by atoms with Gasteiger partial charge in [-0.2, -0.15) is 0 Å². The second-order valence-electron chi connectivity index (χ2n) is 4.75. The van der Waals surface area contributed by atoms with Crippen molar-refractivity contribution in [3.63, 3.8) is 0 Å². The van der Waals surface area contributed by atoms with E-state index in [1.807, 2.05) is 30.0 Å². The Morgan fingerprint density at radius 3 is 2.78 bits per heavy atom. The number of benzene rings is 1. The van der Waals surface area contributed by atoms with Crippen molar-refractivity contribution in [3.05, 3.63) is 52.4 Å². The van der Waals surface area contributed by atoms with Crippen LogP contribution in [-0.2, 0) is 6.54 Å². The number of amides is 1. The van der Waals surface area contributed by atoms with Crippen LogP contribution in [0.2, 0.25) is 0 Å². The van der Waals surface area contributed by atoms with Gasteiger partial charge in [-0.25, -0.2) is 0 Å². The lowest BCUT2D eigenvalue weighted by molar-refractivity contribution is 0.0952. The fourth-order valence-electron chi connectivity index (χ4n) is 1.88. The van der Waals surface area contributed by atoms with Crippen molar-refractivity contribution < 1.29 is 9.21 Å². The SMILES string of the molecule is Cl.NCc1cc(C(=O)NCCCCSc2ccccc2Br)co1. The highest BCUT2D eigenvalue weighted by Crippen LogP contribution is 2.27. The molecule has 0 saturated carbocycles. The molecule has 1 aromatic carbocycles. The predicted molar refractivity (Wildman–Crippen MR) is 100 cm³/mol. The molecule has 0 aliphatic carbocycles. The van der Waals surface area contributed by atoms with Gasteiger partial charge < -0.3 is 15.5 Å². The molecule has 1 aromatic heterocycles. The monoisotopic (exact) mass is 418 g/mol. The summed E-state index contributed by atoms with van der Waals surface area (Å²) in [4.78, 5) is 13.1. The summed E-state index contributed by atoms with van der Waals surface area (Å²) in [6, 6.07) is 9.87. The first-order chi connectivity index (χ1) is 10.7. The van der Waals surface area contributed by atoms with Crippen LogP contribution in [0.1, 0.15) is 29.0 Å². The summed E-state index contributed by atoms with van der Waals surface area (Å²) in [6.45, 7) is 0.970. The predicted octanol–water partition coefficient (Wildman–Crippen LogP) is 4.22. The van der Waals surface area contributed by atoms with Gasteiger partial charge in [0, 0.05) is 15.9 Å². The second kappa shape index (κ2) is 10.8. The molecule has 0 bridgehead atoms. The lowest BCUT2D eigenvalue weighted by Crippen LogP contribution is -2.24. The Kier molecular flexibility index (Phi) is 9.40. The van der Waals surface area contributed by atoms with Crippen LogP contribution in [0.15, 0.2) is 50.4 Å². The third-order valence-electron chi connectivity index (χ3n) is 3.07. The lowest BCUT2D eigenvalue weighted by Gasteiger charge is -2.05. The van der Waals surface area contributed by atoms with Crippen LogP contribution in [0, 0.1) is 0 Å². The van der Waals surface area contributed by atoms with Crippen LogP contribution < -0.4 is 11.1 Å². The highest BCUT2D eigenvalue weighted by Gasteiger charge is 2.08. The van der Waals surface area contributed by atoms with Gasteiger partial charge in [0.05, 0.1) is 12.1 Å². The maximum Gasteiger partial charge on any atom is 0.254 e. The van der Waals surface area contributed by atoms with Crippen molar-refractivity contribution in [3.8, 4) is 0 Å². The number of nitrogens with one attached hydrogen (secondary N) is 1. The van der Waals surface area contributed by atoms with Gasteiger partial charge in [-0.1, -0.05) is 12.1 Å². The molecule has 1 amide bonds. The van der Waals surface area contributed by atoms with Crippen LogP contribution >= 0.6 is 40.1 Å². The lowest BCUT2D eigenvalue weighted by atomic mass is 10.2. The third kappa shape index (κ3) is 6.59. The normalized spacial score (nSPS) is 10.2. The largest absolute Gasteiger partial charge is 0.467 e. The maximum absolute atomic E-state index is 11.8. The Morgan fingerprint density at radius 1 is 1.30 bits per heavy atom. The van der Waals surface area contributed by atoms with Gasteiger partial charge in [-0.3, -0.25) is 4.79 Å². The molecule has 0 atom stereocenters. The molecule has 23 heavy (non-hydrogen) atoms. The van der Waals surface area contributed by atoms with Gasteiger partial charge in [0.1, 0.15) is 12.0 Å². The first kappa shape index (κ1) is 20.1.